The summed E-state index contributed by atoms with van der Waals surface area (Å²) in [6, 6.07) is 9.57. The molecule has 3 aromatic rings. The van der Waals surface area contributed by atoms with Crippen molar-refractivity contribution in [3.63, 3.8) is 0 Å². The van der Waals surface area contributed by atoms with Gasteiger partial charge >= 0.3 is 0 Å². The van der Waals surface area contributed by atoms with Crippen LogP contribution in [0.2, 0.25) is 0 Å². The minimum absolute atomic E-state index is 0.0686. The zero-order chi connectivity index (χ0) is 19.3. The van der Waals surface area contributed by atoms with Crippen LogP contribution in [-0.2, 0) is 29.3 Å². The molecule has 5 rings (SSSR count). The number of benzene rings is 1. The summed E-state index contributed by atoms with van der Waals surface area (Å²) in [6.07, 6.45) is 6.50. The highest BCUT2D eigenvalue weighted by molar-refractivity contribution is 7.89. The van der Waals surface area contributed by atoms with E-state index in [0.29, 0.717) is 18.0 Å². The van der Waals surface area contributed by atoms with Gasteiger partial charge in [0.05, 0.1) is 10.9 Å². The topological polar surface area (TPSA) is 68.1 Å². The SMILES string of the molecule is CCc1nc2cccnc2n1[C@H]1CCN(S(=O)(=O)c2ccc3c(c2)CCC3)C1. The maximum atomic E-state index is 13.3. The average molecular weight is 397 g/mol. The molecule has 28 heavy (non-hydrogen) atoms. The first-order chi connectivity index (χ1) is 13.6. The monoisotopic (exact) mass is 396 g/mol. The molecule has 3 heterocycles. The van der Waals surface area contributed by atoms with E-state index in [1.165, 1.54) is 11.1 Å². The summed E-state index contributed by atoms with van der Waals surface area (Å²) < 4.78 is 30.3. The molecule has 6 nitrogen and oxygen atoms in total. The smallest absolute Gasteiger partial charge is 0.243 e. The number of hydrogen-bond donors (Lipinski definition) is 0. The lowest BCUT2D eigenvalue weighted by Crippen LogP contribution is -2.29. The second-order valence-corrected chi connectivity index (χ2v) is 9.63. The Morgan fingerprint density at radius 3 is 2.89 bits per heavy atom. The summed E-state index contributed by atoms with van der Waals surface area (Å²) in [5.74, 6) is 0.968. The van der Waals surface area contributed by atoms with Crippen LogP contribution in [0.4, 0.5) is 0 Å². The Bertz CT molecular complexity index is 1150. The highest BCUT2D eigenvalue weighted by Crippen LogP contribution is 2.32. The first-order valence-electron chi connectivity index (χ1n) is 10.0. The van der Waals surface area contributed by atoms with E-state index < -0.39 is 10.0 Å². The molecule has 0 spiro atoms. The number of hydrogen-bond acceptors (Lipinski definition) is 4. The lowest BCUT2D eigenvalue weighted by atomic mass is 10.1. The van der Waals surface area contributed by atoms with Crippen molar-refractivity contribution in [1.82, 2.24) is 18.8 Å². The summed E-state index contributed by atoms with van der Waals surface area (Å²) >= 11 is 0. The summed E-state index contributed by atoms with van der Waals surface area (Å²) in [7, 11) is -3.48. The van der Waals surface area contributed by atoms with E-state index in [-0.39, 0.29) is 6.04 Å². The van der Waals surface area contributed by atoms with Gasteiger partial charge in [0.25, 0.3) is 0 Å². The quantitative estimate of drug-likeness (QED) is 0.680. The predicted molar refractivity (Wildman–Crippen MR) is 108 cm³/mol. The van der Waals surface area contributed by atoms with Crippen LogP contribution >= 0.6 is 0 Å². The van der Waals surface area contributed by atoms with Crippen molar-refractivity contribution < 1.29 is 8.42 Å². The largest absolute Gasteiger partial charge is 0.308 e. The van der Waals surface area contributed by atoms with Gasteiger partial charge in [0.1, 0.15) is 11.3 Å². The summed E-state index contributed by atoms with van der Waals surface area (Å²) in [5, 5.41) is 0. The summed E-state index contributed by atoms with van der Waals surface area (Å²) in [6.45, 7) is 3.07. The predicted octanol–water partition coefficient (Wildman–Crippen LogP) is 3.12. The molecule has 2 aromatic heterocycles. The van der Waals surface area contributed by atoms with Gasteiger partial charge in [-0.25, -0.2) is 18.4 Å². The van der Waals surface area contributed by atoms with Crippen molar-refractivity contribution in [1.29, 1.82) is 0 Å². The minimum atomic E-state index is -3.48. The van der Waals surface area contributed by atoms with Gasteiger partial charge in [-0.15, -0.1) is 0 Å². The Labute approximate surface area is 165 Å². The summed E-state index contributed by atoms with van der Waals surface area (Å²) in [4.78, 5) is 9.63. The standard InChI is InChI=1S/C21H24N4O2S/c1-2-20-23-19-7-4-11-22-21(19)25(20)17-10-12-24(14-17)28(26,27)18-9-8-15-5-3-6-16(15)13-18/h4,7-9,11,13,17H,2-3,5-6,10,12,14H2,1H3/t17-/m0/s1. The third-order valence-electron chi connectivity index (χ3n) is 6.04. The zero-order valence-electron chi connectivity index (χ0n) is 16.0. The third-order valence-corrected chi connectivity index (χ3v) is 7.90. The van der Waals surface area contributed by atoms with Gasteiger partial charge in [0.15, 0.2) is 5.65 Å². The van der Waals surface area contributed by atoms with Crippen LogP contribution in [0, 0.1) is 0 Å². The molecule has 0 bridgehead atoms. The van der Waals surface area contributed by atoms with Gasteiger partial charge in [0.2, 0.25) is 10.0 Å². The lowest BCUT2D eigenvalue weighted by molar-refractivity contribution is 0.450. The number of imidazole rings is 1. The van der Waals surface area contributed by atoms with E-state index in [0.717, 1.165) is 49.1 Å². The molecule has 1 saturated heterocycles. The van der Waals surface area contributed by atoms with Gasteiger partial charge in [-0.2, -0.15) is 4.31 Å². The van der Waals surface area contributed by atoms with Crippen LogP contribution in [0.1, 0.15) is 42.8 Å². The van der Waals surface area contributed by atoms with Gasteiger partial charge in [-0.1, -0.05) is 13.0 Å². The van der Waals surface area contributed by atoms with Gasteiger partial charge < -0.3 is 4.57 Å². The van der Waals surface area contributed by atoms with Gasteiger partial charge in [-0.3, -0.25) is 0 Å². The molecule has 1 aliphatic heterocycles. The number of aryl methyl sites for hydroxylation is 3. The van der Waals surface area contributed by atoms with E-state index >= 15 is 0 Å². The Hall–Kier alpha value is -2.25. The fourth-order valence-corrected chi connectivity index (χ4v) is 6.15. The Morgan fingerprint density at radius 1 is 1.18 bits per heavy atom. The molecule has 2 aliphatic rings. The first kappa shape index (κ1) is 17.8. The molecule has 0 amide bonds. The Kier molecular flexibility index (Phi) is 4.25. The number of sulfonamides is 1. The van der Waals surface area contributed by atoms with E-state index in [1.807, 2.05) is 24.3 Å². The maximum Gasteiger partial charge on any atom is 0.243 e. The molecule has 0 N–H and O–H groups in total. The van der Waals surface area contributed by atoms with E-state index in [9.17, 15) is 8.42 Å². The minimum Gasteiger partial charge on any atom is -0.308 e. The van der Waals surface area contributed by atoms with E-state index in [4.69, 9.17) is 4.98 Å². The molecule has 0 radical (unpaired) electrons. The molecular weight excluding hydrogens is 372 g/mol. The number of nitrogens with zero attached hydrogens (tertiary/aromatic N) is 4. The summed E-state index contributed by atoms with van der Waals surface area (Å²) in [5.41, 5.74) is 4.21. The molecule has 146 valence electrons. The molecule has 1 aromatic carbocycles. The van der Waals surface area contributed by atoms with Crippen LogP contribution in [-0.4, -0.2) is 40.3 Å². The van der Waals surface area contributed by atoms with E-state index in [2.05, 4.69) is 16.5 Å². The van der Waals surface area contributed by atoms with Crippen molar-refractivity contribution in [2.75, 3.05) is 13.1 Å². The molecule has 0 saturated carbocycles. The Morgan fingerprint density at radius 2 is 2.04 bits per heavy atom. The van der Waals surface area contributed by atoms with E-state index in [1.54, 1.807) is 16.6 Å². The third kappa shape index (κ3) is 2.76. The van der Waals surface area contributed by atoms with Crippen molar-refractivity contribution in [3.8, 4) is 0 Å². The number of rotatable bonds is 4. The first-order valence-corrected chi connectivity index (χ1v) is 11.5. The average Bonchev–Trinajstić information content (AvgIpc) is 3.43. The highest BCUT2D eigenvalue weighted by Gasteiger charge is 2.35. The number of aromatic nitrogens is 3. The van der Waals surface area contributed by atoms with Crippen LogP contribution < -0.4 is 0 Å². The molecular formula is C21H24N4O2S. The second-order valence-electron chi connectivity index (χ2n) is 7.69. The lowest BCUT2D eigenvalue weighted by Gasteiger charge is -2.19. The van der Waals surface area contributed by atoms with Crippen molar-refractivity contribution in [2.24, 2.45) is 0 Å². The molecule has 1 fully saturated rings. The fraction of sp³-hybridized carbons (Fsp3) is 0.429. The molecule has 1 aliphatic carbocycles. The van der Waals surface area contributed by atoms with Crippen molar-refractivity contribution in [3.05, 3.63) is 53.5 Å². The Balaban J connectivity index is 1.46. The van der Waals surface area contributed by atoms with Crippen molar-refractivity contribution in [2.45, 2.75) is 50.0 Å². The normalized spacial score (nSPS) is 20.1. The molecule has 7 heteroatoms. The second kappa shape index (κ2) is 6.67. The number of pyridine rings is 1. The van der Waals surface area contributed by atoms with Crippen LogP contribution in [0.25, 0.3) is 11.2 Å². The van der Waals surface area contributed by atoms with Gasteiger partial charge in [0, 0.05) is 25.7 Å². The molecule has 0 unspecified atom stereocenters. The van der Waals surface area contributed by atoms with Crippen LogP contribution in [0.5, 0.6) is 0 Å². The van der Waals surface area contributed by atoms with Crippen molar-refractivity contribution >= 4 is 21.2 Å². The van der Waals surface area contributed by atoms with Crippen LogP contribution in [0.3, 0.4) is 0 Å². The fourth-order valence-electron chi connectivity index (χ4n) is 4.61. The highest BCUT2D eigenvalue weighted by atomic mass is 32.2. The number of fused-ring (bicyclic) bond motifs is 2. The van der Waals surface area contributed by atoms with Crippen LogP contribution in [0.15, 0.2) is 41.4 Å². The zero-order valence-corrected chi connectivity index (χ0v) is 16.8. The maximum absolute atomic E-state index is 13.3. The van der Waals surface area contributed by atoms with Gasteiger partial charge in [-0.05, 0) is 61.1 Å². The molecule has 1 atom stereocenters.